The van der Waals surface area contributed by atoms with Gasteiger partial charge >= 0.3 is 0 Å². The zero-order valence-electron chi connectivity index (χ0n) is 11.6. The van der Waals surface area contributed by atoms with Gasteiger partial charge in [-0.3, -0.25) is 4.98 Å². The van der Waals surface area contributed by atoms with Crippen molar-refractivity contribution < 1.29 is 8.42 Å². The molecule has 2 rings (SSSR count). The van der Waals surface area contributed by atoms with E-state index in [1.165, 1.54) is 0 Å². The van der Waals surface area contributed by atoms with Crippen molar-refractivity contribution in [2.75, 3.05) is 11.5 Å². The fourth-order valence-electron chi connectivity index (χ4n) is 2.24. The first-order valence-corrected chi connectivity index (χ1v) is 8.65. The number of nitrogens with two attached hydrogens (primary N) is 1. The highest BCUT2D eigenvalue weighted by Crippen LogP contribution is 2.23. The standard InChI is InChI=1S/C15H20N2O2S/c1-2-20(18,19)11-5-8-14(16)15-13-7-4-3-6-12(13)9-10-17-15/h3-4,6-7,9-10,14H,2,5,8,11,16H2,1H3. The summed E-state index contributed by atoms with van der Waals surface area (Å²) >= 11 is 0. The first-order valence-electron chi connectivity index (χ1n) is 6.83. The maximum atomic E-state index is 11.5. The molecule has 0 aliphatic heterocycles. The Kier molecular flexibility index (Phi) is 4.73. The van der Waals surface area contributed by atoms with E-state index in [9.17, 15) is 8.42 Å². The molecule has 2 aromatic rings. The van der Waals surface area contributed by atoms with Crippen LogP contribution in [0.3, 0.4) is 0 Å². The molecular formula is C15H20N2O2S. The number of aromatic nitrogens is 1. The highest BCUT2D eigenvalue weighted by atomic mass is 32.2. The van der Waals surface area contributed by atoms with Crippen LogP contribution in [0.4, 0.5) is 0 Å². The summed E-state index contributed by atoms with van der Waals surface area (Å²) in [6, 6.07) is 9.68. The number of nitrogens with zero attached hydrogens (tertiary/aromatic N) is 1. The van der Waals surface area contributed by atoms with Gasteiger partial charge in [-0.1, -0.05) is 31.2 Å². The zero-order valence-corrected chi connectivity index (χ0v) is 12.4. The summed E-state index contributed by atoms with van der Waals surface area (Å²) in [7, 11) is -2.92. The van der Waals surface area contributed by atoms with Gasteiger partial charge in [-0.25, -0.2) is 8.42 Å². The van der Waals surface area contributed by atoms with Crippen LogP contribution in [-0.2, 0) is 9.84 Å². The van der Waals surface area contributed by atoms with Crippen molar-refractivity contribution >= 4 is 20.6 Å². The molecule has 0 saturated heterocycles. The Hall–Kier alpha value is -1.46. The van der Waals surface area contributed by atoms with Crippen LogP contribution in [-0.4, -0.2) is 24.9 Å². The SMILES string of the molecule is CCS(=O)(=O)CCCC(N)c1nccc2ccccc12. The monoisotopic (exact) mass is 292 g/mol. The summed E-state index contributed by atoms with van der Waals surface area (Å²) in [5, 5.41) is 2.15. The predicted octanol–water partition coefficient (Wildman–Crippen LogP) is 2.45. The number of rotatable bonds is 6. The van der Waals surface area contributed by atoms with Crippen molar-refractivity contribution in [3.8, 4) is 0 Å². The van der Waals surface area contributed by atoms with E-state index in [0.717, 1.165) is 16.5 Å². The summed E-state index contributed by atoms with van der Waals surface area (Å²) in [4.78, 5) is 4.37. The molecule has 0 radical (unpaired) electrons. The van der Waals surface area contributed by atoms with Crippen LogP contribution in [0, 0.1) is 0 Å². The number of pyridine rings is 1. The zero-order chi connectivity index (χ0) is 14.6. The third kappa shape index (κ3) is 3.55. The minimum atomic E-state index is -2.92. The second-order valence-electron chi connectivity index (χ2n) is 4.90. The smallest absolute Gasteiger partial charge is 0.150 e. The molecule has 1 aromatic heterocycles. The Morgan fingerprint density at radius 1 is 1.25 bits per heavy atom. The molecular weight excluding hydrogens is 272 g/mol. The molecule has 1 heterocycles. The van der Waals surface area contributed by atoms with Gasteiger partial charge in [0.1, 0.15) is 9.84 Å². The van der Waals surface area contributed by atoms with Crippen LogP contribution in [0.2, 0.25) is 0 Å². The molecule has 0 spiro atoms. The summed E-state index contributed by atoms with van der Waals surface area (Å²) in [5.41, 5.74) is 7.02. The van der Waals surface area contributed by atoms with Crippen molar-refractivity contribution in [1.82, 2.24) is 4.98 Å². The molecule has 0 aliphatic carbocycles. The van der Waals surface area contributed by atoms with E-state index in [1.807, 2.05) is 30.3 Å². The van der Waals surface area contributed by atoms with Crippen molar-refractivity contribution in [2.45, 2.75) is 25.8 Å². The number of hydrogen-bond donors (Lipinski definition) is 1. The van der Waals surface area contributed by atoms with Crippen LogP contribution in [0.5, 0.6) is 0 Å². The van der Waals surface area contributed by atoms with E-state index >= 15 is 0 Å². The Morgan fingerprint density at radius 2 is 2.00 bits per heavy atom. The lowest BCUT2D eigenvalue weighted by Gasteiger charge is -2.13. The summed E-state index contributed by atoms with van der Waals surface area (Å²) < 4.78 is 22.9. The summed E-state index contributed by atoms with van der Waals surface area (Å²) in [5.74, 6) is 0.386. The number of hydrogen-bond acceptors (Lipinski definition) is 4. The van der Waals surface area contributed by atoms with Gasteiger partial charge < -0.3 is 5.73 Å². The second kappa shape index (κ2) is 6.33. The van der Waals surface area contributed by atoms with Crippen LogP contribution in [0.15, 0.2) is 36.5 Å². The van der Waals surface area contributed by atoms with Gasteiger partial charge in [-0.15, -0.1) is 0 Å². The highest BCUT2D eigenvalue weighted by molar-refractivity contribution is 7.91. The lowest BCUT2D eigenvalue weighted by molar-refractivity contribution is 0.582. The van der Waals surface area contributed by atoms with Gasteiger partial charge in [-0.05, 0) is 24.3 Å². The fraction of sp³-hybridized carbons (Fsp3) is 0.400. The van der Waals surface area contributed by atoms with Crippen LogP contribution in [0.25, 0.3) is 10.8 Å². The summed E-state index contributed by atoms with van der Waals surface area (Å²) in [6.07, 6.45) is 2.95. The molecule has 1 aromatic carbocycles. The Morgan fingerprint density at radius 3 is 2.75 bits per heavy atom. The highest BCUT2D eigenvalue weighted by Gasteiger charge is 2.13. The maximum Gasteiger partial charge on any atom is 0.150 e. The molecule has 108 valence electrons. The van der Waals surface area contributed by atoms with Gasteiger partial charge in [0.15, 0.2) is 0 Å². The van der Waals surface area contributed by atoms with Gasteiger partial charge in [0, 0.05) is 23.4 Å². The first kappa shape index (κ1) is 14.9. The fourth-order valence-corrected chi connectivity index (χ4v) is 3.14. The molecule has 5 heteroatoms. The number of sulfone groups is 1. The molecule has 1 atom stereocenters. The van der Waals surface area contributed by atoms with Gasteiger partial charge in [0.2, 0.25) is 0 Å². The van der Waals surface area contributed by atoms with E-state index in [4.69, 9.17) is 5.73 Å². The third-order valence-electron chi connectivity index (χ3n) is 3.47. The van der Waals surface area contributed by atoms with Crippen LogP contribution >= 0.6 is 0 Å². The molecule has 20 heavy (non-hydrogen) atoms. The second-order valence-corrected chi connectivity index (χ2v) is 7.38. The predicted molar refractivity (Wildman–Crippen MR) is 82.2 cm³/mol. The van der Waals surface area contributed by atoms with Crippen molar-refractivity contribution in [3.63, 3.8) is 0 Å². The van der Waals surface area contributed by atoms with E-state index < -0.39 is 9.84 Å². The van der Waals surface area contributed by atoms with Crippen LogP contribution < -0.4 is 5.73 Å². The lowest BCUT2D eigenvalue weighted by atomic mass is 10.0. The third-order valence-corrected chi connectivity index (χ3v) is 5.26. The average molecular weight is 292 g/mol. The molecule has 1 unspecified atom stereocenters. The van der Waals surface area contributed by atoms with Crippen molar-refractivity contribution in [1.29, 1.82) is 0 Å². The molecule has 0 bridgehead atoms. The first-order chi connectivity index (χ1) is 9.53. The molecule has 0 aliphatic rings. The largest absolute Gasteiger partial charge is 0.323 e. The van der Waals surface area contributed by atoms with Crippen molar-refractivity contribution in [2.24, 2.45) is 5.73 Å². The Labute approximate surface area is 119 Å². The molecule has 0 amide bonds. The van der Waals surface area contributed by atoms with Gasteiger partial charge in [0.05, 0.1) is 11.4 Å². The van der Waals surface area contributed by atoms with Gasteiger partial charge in [-0.2, -0.15) is 0 Å². The summed E-state index contributed by atoms with van der Waals surface area (Å²) in [6.45, 7) is 1.67. The van der Waals surface area contributed by atoms with E-state index in [-0.39, 0.29) is 17.5 Å². The Bertz CT molecular complexity index is 678. The van der Waals surface area contributed by atoms with E-state index in [0.29, 0.717) is 12.8 Å². The minimum Gasteiger partial charge on any atom is -0.323 e. The van der Waals surface area contributed by atoms with Crippen molar-refractivity contribution in [3.05, 3.63) is 42.2 Å². The maximum absolute atomic E-state index is 11.5. The molecule has 0 saturated carbocycles. The lowest BCUT2D eigenvalue weighted by Crippen LogP contribution is -2.15. The van der Waals surface area contributed by atoms with E-state index in [2.05, 4.69) is 4.98 Å². The van der Waals surface area contributed by atoms with Gasteiger partial charge in [0.25, 0.3) is 0 Å². The average Bonchev–Trinajstić information content (AvgIpc) is 2.46. The topological polar surface area (TPSA) is 73.0 Å². The normalized spacial score (nSPS) is 13.5. The number of benzene rings is 1. The van der Waals surface area contributed by atoms with Crippen LogP contribution in [0.1, 0.15) is 31.5 Å². The number of fused-ring (bicyclic) bond motifs is 1. The molecule has 4 nitrogen and oxygen atoms in total. The van der Waals surface area contributed by atoms with E-state index in [1.54, 1.807) is 13.1 Å². The quantitative estimate of drug-likeness (QED) is 0.887. The minimum absolute atomic E-state index is 0.189. The molecule has 2 N–H and O–H groups in total. The Balaban J connectivity index is 2.10. The molecule has 0 fully saturated rings.